The van der Waals surface area contributed by atoms with Gasteiger partial charge in [-0.1, -0.05) is 48.5 Å². The van der Waals surface area contributed by atoms with Crippen molar-refractivity contribution in [1.82, 2.24) is 14.9 Å². The molecular weight excluding hydrogens is 346 g/mol. The van der Waals surface area contributed by atoms with E-state index in [4.69, 9.17) is 0 Å². The van der Waals surface area contributed by atoms with Gasteiger partial charge in [-0.2, -0.15) is 4.98 Å². The fraction of sp³-hybridized carbons (Fsp3) is 0.250. The van der Waals surface area contributed by atoms with Gasteiger partial charge in [0.2, 0.25) is 0 Å². The van der Waals surface area contributed by atoms with Gasteiger partial charge in [-0.25, -0.2) is 4.79 Å². The van der Waals surface area contributed by atoms with Crippen LogP contribution in [0.25, 0.3) is 10.9 Å². The van der Waals surface area contributed by atoms with Crippen LogP contribution >= 0.6 is 0 Å². The summed E-state index contributed by atoms with van der Waals surface area (Å²) in [5, 5.41) is 22.1. The van der Waals surface area contributed by atoms with Gasteiger partial charge in [0.25, 0.3) is 5.91 Å². The molecule has 3 N–H and O–H groups in total. The third-order valence-corrected chi connectivity index (χ3v) is 5.11. The maximum atomic E-state index is 13.0. The Labute approximate surface area is 154 Å². The molecule has 2 atom stereocenters. The molecule has 1 amide bonds. The van der Waals surface area contributed by atoms with E-state index in [0.717, 1.165) is 0 Å². The molecule has 2 aromatic carbocycles. The van der Waals surface area contributed by atoms with Crippen LogP contribution in [-0.4, -0.2) is 50.2 Å². The first-order valence-corrected chi connectivity index (χ1v) is 8.73. The number of aromatic nitrogens is 2. The molecule has 0 bridgehead atoms. The van der Waals surface area contributed by atoms with Gasteiger partial charge in [0.05, 0.1) is 12.1 Å². The van der Waals surface area contributed by atoms with Crippen molar-refractivity contribution in [1.29, 1.82) is 0 Å². The number of nitrogens with zero attached hydrogens (tertiary/aromatic N) is 2. The molecule has 1 fully saturated rings. The fourth-order valence-electron chi connectivity index (χ4n) is 3.59. The predicted octanol–water partition coefficient (Wildman–Crippen LogP) is 1.02. The number of H-pyrrole nitrogens is 1. The lowest BCUT2D eigenvalue weighted by Crippen LogP contribution is -2.55. The first-order valence-electron chi connectivity index (χ1n) is 8.73. The molecule has 138 valence electrons. The number of amides is 1. The SMILES string of the molecule is O=C(c1nc(=O)[nH]c2ccccc12)N1CC[C@](O)(c2ccccc2)[C@@H](O)C1. The van der Waals surface area contributed by atoms with E-state index in [1.807, 2.05) is 6.07 Å². The second kappa shape index (κ2) is 6.61. The number of aliphatic hydroxyl groups excluding tert-OH is 1. The molecule has 1 aliphatic rings. The van der Waals surface area contributed by atoms with E-state index in [2.05, 4.69) is 9.97 Å². The molecule has 0 radical (unpaired) electrons. The lowest BCUT2D eigenvalue weighted by molar-refractivity contribution is -0.118. The van der Waals surface area contributed by atoms with Crippen LogP contribution in [0.15, 0.2) is 59.4 Å². The van der Waals surface area contributed by atoms with Crippen LogP contribution in [0.3, 0.4) is 0 Å². The number of nitrogens with one attached hydrogen (secondary N) is 1. The summed E-state index contributed by atoms with van der Waals surface area (Å²) in [4.78, 5) is 32.7. The molecule has 0 spiro atoms. The van der Waals surface area contributed by atoms with Crippen molar-refractivity contribution in [2.75, 3.05) is 13.1 Å². The van der Waals surface area contributed by atoms with Crippen molar-refractivity contribution in [2.24, 2.45) is 0 Å². The maximum absolute atomic E-state index is 13.0. The number of hydrogen-bond donors (Lipinski definition) is 3. The monoisotopic (exact) mass is 365 g/mol. The zero-order valence-electron chi connectivity index (χ0n) is 14.5. The van der Waals surface area contributed by atoms with Crippen LogP contribution in [-0.2, 0) is 5.60 Å². The molecule has 7 nitrogen and oxygen atoms in total. The number of fused-ring (bicyclic) bond motifs is 1. The van der Waals surface area contributed by atoms with Gasteiger partial charge >= 0.3 is 5.69 Å². The lowest BCUT2D eigenvalue weighted by atomic mass is 9.82. The van der Waals surface area contributed by atoms with E-state index in [-0.39, 0.29) is 25.2 Å². The average Bonchev–Trinajstić information content (AvgIpc) is 2.69. The number of benzene rings is 2. The first-order chi connectivity index (χ1) is 13.0. The van der Waals surface area contributed by atoms with Gasteiger partial charge in [0.15, 0.2) is 0 Å². The Balaban J connectivity index is 1.63. The van der Waals surface area contributed by atoms with Crippen molar-refractivity contribution in [2.45, 2.75) is 18.1 Å². The summed E-state index contributed by atoms with van der Waals surface area (Å²) in [5.41, 5.74) is -0.826. The largest absolute Gasteiger partial charge is 0.388 e. The fourth-order valence-corrected chi connectivity index (χ4v) is 3.59. The summed E-state index contributed by atoms with van der Waals surface area (Å²) >= 11 is 0. The van der Waals surface area contributed by atoms with Gasteiger partial charge in [-0.15, -0.1) is 0 Å². The number of carbonyl (C=O) groups is 1. The van der Waals surface area contributed by atoms with E-state index in [9.17, 15) is 19.8 Å². The van der Waals surface area contributed by atoms with Crippen molar-refractivity contribution < 1.29 is 15.0 Å². The number of carbonyl (C=O) groups excluding carboxylic acids is 1. The summed E-state index contributed by atoms with van der Waals surface area (Å²) in [5.74, 6) is -0.438. The molecule has 27 heavy (non-hydrogen) atoms. The Kier molecular flexibility index (Phi) is 4.25. The Morgan fingerprint density at radius 2 is 1.85 bits per heavy atom. The number of aliphatic hydroxyl groups is 2. The quantitative estimate of drug-likeness (QED) is 0.629. The van der Waals surface area contributed by atoms with Crippen molar-refractivity contribution in [3.63, 3.8) is 0 Å². The molecule has 1 aromatic heterocycles. The summed E-state index contributed by atoms with van der Waals surface area (Å²) in [7, 11) is 0. The number of rotatable bonds is 2. The van der Waals surface area contributed by atoms with Gasteiger partial charge in [0, 0.05) is 18.4 Å². The van der Waals surface area contributed by atoms with E-state index in [1.54, 1.807) is 48.5 Å². The minimum Gasteiger partial charge on any atom is -0.388 e. The van der Waals surface area contributed by atoms with Crippen LogP contribution in [0.4, 0.5) is 0 Å². The highest BCUT2D eigenvalue weighted by molar-refractivity contribution is 6.04. The van der Waals surface area contributed by atoms with Crippen LogP contribution in [0.2, 0.25) is 0 Å². The average molecular weight is 365 g/mol. The van der Waals surface area contributed by atoms with E-state index < -0.39 is 23.3 Å². The minimum absolute atomic E-state index is 0.0479. The van der Waals surface area contributed by atoms with E-state index >= 15 is 0 Å². The standard InChI is InChI=1S/C20H19N3O4/c24-16-12-23(11-10-20(16,27)13-6-2-1-3-7-13)18(25)17-14-8-4-5-9-15(14)21-19(26)22-17/h1-9,16,24,27H,10-12H2,(H,21,22,26)/t16-,20-/m0/s1. The second-order valence-corrected chi connectivity index (χ2v) is 6.74. The summed E-state index contributed by atoms with van der Waals surface area (Å²) < 4.78 is 0. The Hall–Kier alpha value is -3.03. The molecule has 1 aliphatic heterocycles. The van der Waals surface area contributed by atoms with Crippen LogP contribution in [0, 0.1) is 0 Å². The van der Waals surface area contributed by atoms with Gasteiger partial charge in [-0.3, -0.25) is 4.79 Å². The number of hydrogen-bond acceptors (Lipinski definition) is 5. The Morgan fingerprint density at radius 1 is 1.15 bits per heavy atom. The second-order valence-electron chi connectivity index (χ2n) is 6.74. The third kappa shape index (κ3) is 3.01. The zero-order chi connectivity index (χ0) is 19.0. The van der Waals surface area contributed by atoms with Gasteiger partial charge in [0.1, 0.15) is 17.4 Å². The number of β-amino-alcohol motifs (C(OH)–C–C–N with tert-alkyl or cyclic N) is 1. The molecular formula is C20H19N3O4. The van der Waals surface area contributed by atoms with Crippen molar-refractivity contribution in [3.8, 4) is 0 Å². The molecule has 0 aliphatic carbocycles. The number of piperidine rings is 1. The molecule has 4 rings (SSSR count). The minimum atomic E-state index is -1.41. The van der Waals surface area contributed by atoms with Crippen LogP contribution < -0.4 is 5.69 Å². The maximum Gasteiger partial charge on any atom is 0.346 e. The number of likely N-dealkylation sites (tertiary alicyclic amines) is 1. The topological polar surface area (TPSA) is 107 Å². The van der Waals surface area contributed by atoms with E-state index in [0.29, 0.717) is 16.5 Å². The highest BCUT2D eigenvalue weighted by Gasteiger charge is 2.43. The summed E-state index contributed by atoms with van der Waals surface area (Å²) in [6.07, 6.45) is -0.962. The Morgan fingerprint density at radius 3 is 2.59 bits per heavy atom. The summed E-state index contributed by atoms with van der Waals surface area (Å²) in [6, 6.07) is 15.9. The van der Waals surface area contributed by atoms with Crippen molar-refractivity contribution >= 4 is 16.8 Å². The van der Waals surface area contributed by atoms with Gasteiger partial charge in [-0.05, 0) is 11.6 Å². The smallest absolute Gasteiger partial charge is 0.346 e. The molecule has 2 heterocycles. The molecule has 7 heteroatoms. The lowest BCUT2D eigenvalue weighted by Gasteiger charge is -2.42. The molecule has 1 saturated heterocycles. The molecule has 0 saturated carbocycles. The highest BCUT2D eigenvalue weighted by atomic mass is 16.3. The first kappa shape index (κ1) is 17.4. The van der Waals surface area contributed by atoms with Crippen molar-refractivity contribution in [3.05, 3.63) is 76.3 Å². The zero-order valence-corrected chi connectivity index (χ0v) is 14.5. The molecule has 0 unspecified atom stereocenters. The number of para-hydroxylation sites is 1. The highest BCUT2D eigenvalue weighted by Crippen LogP contribution is 2.33. The Bertz CT molecular complexity index is 1050. The molecule has 3 aromatic rings. The van der Waals surface area contributed by atoms with Crippen LogP contribution in [0.5, 0.6) is 0 Å². The van der Waals surface area contributed by atoms with E-state index in [1.165, 1.54) is 4.90 Å². The number of aromatic amines is 1. The van der Waals surface area contributed by atoms with Crippen LogP contribution in [0.1, 0.15) is 22.5 Å². The summed E-state index contributed by atoms with van der Waals surface area (Å²) in [6.45, 7) is 0.192. The van der Waals surface area contributed by atoms with Gasteiger partial charge < -0.3 is 20.1 Å². The third-order valence-electron chi connectivity index (χ3n) is 5.11. The normalized spacial score (nSPS) is 22.7. The predicted molar refractivity (Wildman–Crippen MR) is 99.2 cm³/mol.